The molecule has 0 atom stereocenters. The van der Waals surface area contributed by atoms with Gasteiger partial charge in [0.05, 0.1) is 23.1 Å². The zero-order chi connectivity index (χ0) is 21.9. The van der Waals surface area contributed by atoms with E-state index in [1.807, 2.05) is 17.9 Å². The highest BCUT2D eigenvalue weighted by Gasteiger charge is 2.26. The summed E-state index contributed by atoms with van der Waals surface area (Å²) in [6.45, 7) is 0.932. The summed E-state index contributed by atoms with van der Waals surface area (Å²) in [5.74, 6) is 1.43. The molecule has 2 saturated carbocycles. The molecule has 2 N–H and O–H groups in total. The van der Waals surface area contributed by atoms with Gasteiger partial charge in [-0.25, -0.2) is 9.97 Å². The summed E-state index contributed by atoms with van der Waals surface area (Å²) in [5, 5.41) is 12.3. The van der Waals surface area contributed by atoms with E-state index in [1.165, 1.54) is 24.1 Å². The lowest BCUT2D eigenvalue weighted by Crippen LogP contribution is -2.36. The van der Waals surface area contributed by atoms with Gasteiger partial charge in [0.15, 0.2) is 0 Å². The fraction of sp³-hybridized carbons (Fsp3) is 0.480. The van der Waals surface area contributed by atoms with Gasteiger partial charge in [0, 0.05) is 36.9 Å². The van der Waals surface area contributed by atoms with Crippen LogP contribution in [0.25, 0.3) is 11.3 Å². The molecule has 0 unspecified atom stereocenters. The lowest BCUT2D eigenvalue weighted by atomic mass is 9.91. The molecule has 2 aromatic heterocycles. The summed E-state index contributed by atoms with van der Waals surface area (Å²) in [6.07, 6.45) is 11.8. The molecule has 6 nitrogen and oxygen atoms in total. The number of hydrogen-bond acceptors (Lipinski definition) is 5. The summed E-state index contributed by atoms with van der Waals surface area (Å²) in [5.41, 5.74) is 4.37. The van der Waals surface area contributed by atoms with Crippen molar-refractivity contribution in [3.63, 3.8) is 0 Å². The van der Waals surface area contributed by atoms with Crippen molar-refractivity contribution < 1.29 is 0 Å². The Morgan fingerprint density at radius 2 is 1.75 bits per heavy atom. The van der Waals surface area contributed by atoms with Crippen LogP contribution in [-0.2, 0) is 20.0 Å². The Kier molecular flexibility index (Phi) is 6.42. The number of halogens is 1. The van der Waals surface area contributed by atoms with E-state index in [-0.39, 0.29) is 0 Å². The molecule has 0 spiro atoms. The Balaban J connectivity index is 1.20. The highest BCUT2D eigenvalue weighted by atomic mass is 35.5. The Bertz CT molecular complexity index is 1040. The molecule has 1 aromatic carbocycles. The minimum Gasteiger partial charge on any atom is -0.351 e. The molecule has 3 aromatic rings. The summed E-state index contributed by atoms with van der Waals surface area (Å²) in [4.78, 5) is 9.28. The molecule has 32 heavy (non-hydrogen) atoms. The molecular formula is C25H31ClN6. The Morgan fingerprint density at radius 3 is 2.50 bits per heavy atom. The minimum absolute atomic E-state index is 0.388. The van der Waals surface area contributed by atoms with Crippen molar-refractivity contribution in [1.29, 1.82) is 0 Å². The van der Waals surface area contributed by atoms with Gasteiger partial charge in [-0.05, 0) is 56.4 Å². The zero-order valence-electron chi connectivity index (χ0n) is 18.6. The molecule has 5 rings (SSSR count). The van der Waals surface area contributed by atoms with Crippen LogP contribution in [0, 0.1) is 5.92 Å². The first-order chi connectivity index (χ1) is 15.7. The Labute approximate surface area is 194 Å². The van der Waals surface area contributed by atoms with Crippen molar-refractivity contribution in [1.82, 2.24) is 25.1 Å². The van der Waals surface area contributed by atoms with Crippen LogP contribution in [0.1, 0.15) is 49.8 Å². The van der Waals surface area contributed by atoms with Crippen LogP contribution in [0.5, 0.6) is 0 Å². The third-order valence-corrected chi connectivity index (χ3v) is 7.01. The van der Waals surface area contributed by atoms with Crippen LogP contribution in [0.2, 0.25) is 5.02 Å². The number of nitrogens with zero attached hydrogens (tertiary/aromatic N) is 4. The number of nitrogens with one attached hydrogen (secondary N) is 2. The van der Waals surface area contributed by atoms with Gasteiger partial charge in [-0.15, -0.1) is 0 Å². The minimum atomic E-state index is 0.388. The lowest BCUT2D eigenvalue weighted by Gasteiger charge is -2.30. The van der Waals surface area contributed by atoms with Crippen molar-refractivity contribution >= 4 is 17.5 Å². The second kappa shape index (κ2) is 9.59. The fourth-order valence-corrected chi connectivity index (χ4v) is 4.80. The fourth-order valence-electron chi connectivity index (χ4n) is 4.61. The van der Waals surface area contributed by atoms with Crippen molar-refractivity contribution in [2.45, 2.75) is 63.6 Å². The number of rotatable bonds is 8. The predicted molar refractivity (Wildman–Crippen MR) is 129 cm³/mol. The van der Waals surface area contributed by atoms with Crippen molar-refractivity contribution in [3.8, 4) is 11.3 Å². The van der Waals surface area contributed by atoms with Gasteiger partial charge in [0.2, 0.25) is 5.95 Å². The second-order valence-corrected chi connectivity index (χ2v) is 9.63. The van der Waals surface area contributed by atoms with Crippen LogP contribution >= 0.6 is 11.6 Å². The maximum Gasteiger partial charge on any atom is 0.223 e. The summed E-state index contributed by atoms with van der Waals surface area (Å²) >= 11 is 6.51. The van der Waals surface area contributed by atoms with Crippen molar-refractivity contribution in [2.24, 2.45) is 13.0 Å². The molecule has 0 aliphatic heterocycles. The third kappa shape index (κ3) is 5.13. The highest BCUT2D eigenvalue weighted by molar-refractivity contribution is 6.32. The molecule has 2 fully saturated rings. The van der Waals surface area contributed by atoms with E-state index in [1.54, 1.807) is 6.20 Å². The van der Waals surface area contributed by atoms with Gasteiger partial charge in [0.1, 0.15) is 0 Å². The lowest BCUT2D eigenvalue weighted by molar-refractivity contribution is 0.352. The first kappa shape index (κ1) is 21.4. The van der Waals surface area contributed by atoms with Crippen molar-refractivity contribution in [3.05, 3.63) is 59.0 Å². The van der Waals surface area contributed by atoms with Crippen LogP contribution in [0.15, 0.2) is 42.7 Å². The Hall–Kier alpha value is -2.44. The van der Waals surface area contributed by atoms with E-state index < -0.39 is 0 Å². The number of anilines is 1. The standard InChI is InChI=1S/C25H31ClN6/c1-32-23(13-17-7-8-17)21(15-29-32)24-22(26)16-28-25(31-24)30-20-11-9-19(10-12-20)27-14-18-5-3-2-4-6-18/h2-6,15-17,19-20,27H,7-14H2,1H3,(H,28,30,31)/t19-,20+. The molecule has 0 saturated heterocycles. The van der Waals surface area contributed by atoms with Crippen LogP contribution in [0.4, 0.5) is 5.95 Å². The van der Waals surface area contributed by atoms with Gasteiger partial charge in [-0.1, -0.05) is 41.9 Å². The average molecular weight is 451 g/mol. The summed E-state index contributed by atoms with van der Waals surface area (Å²) in [6, 6.07) is 11.6. The first-order valence-corrected chi connectivity index (χ1v) is 12.1. The first-order valence-electron chi connectivity index (χ1n) is 11.7. The second-order valence-electron chi connectivity index (χ2n) is 9.23. The largest absolute Gasteiger partial charge is 0.351 e. The third-order valence-electron chi connectivity index (χ3n) is 6.74. The molecule has 2 aliphatic rings. The molecule has 168 valence electrons. The topological polar surface area (TPSA) is 67.7 Å². The average Bonchev–Trinajstić information content (AvgIpc) is 3.57. The van der Waals surface area contributed by atoms with Gasteiger partial charge >= 0.3 is 0 Å². The van der Waals surface area contributed by atoms with E-state index >= 15 is 0 Å². The van der Waals surface area contributed by atoms with Gasteiger partial charge in [-0.3, -0.25) is 4.68 Å². The number of benzene rings is 1. The highest BCUT2D eigenvalue weighted by Crippen LogP contribution is 2.37. The monoisotopic (exact) mass is 450 g/mol. The molecule has 0 radical (unpaired) electrons. The summed E-state index contributed by atoms with van der Waals surface area (Å²) in [7, 11) is 2.00. The van der Waals surface area contributed by atoms with Crippen molar-refractivity contribution in [2.75, 3.05) is 5.32 Å². The molecule has 2 heterocycles. The van der Waals surface area contributed by atoms with Crippen LogP contribution in [0.3, 0.4) is 0 Å². The van der Waals surface area contributed by atoms with E-state index in [9.17, 15) is 0 Å². The maximum atomic E-state index is 6.51. The smallest absolute Gasteiger partial charge is 0.223 e. The van der Waals surface area contributed by atoms with Gasteiger partial charge < -0.3 is 10.6 Å². The van der Waals surface area contributed by atoms with E-state index in [0.717, 1.165) is 55.8 Å². The van der Waals surface area contributed by atoms with Gasteiger partial charge in [-0.2, -0.15) is 5.10 Å². The number of aromatic nitrogens is 4. The summed E-state index contributed by atoms with van der Waals surface area (Å²) < 4.78 is 1.96. The molecule has 7 heteroatoms. The predicted octanol–water partition coefficient (Wildman–Crippen LogP) is 5.00. The maximum absolute atomic E-state index is 6.51. The number of hydrogen-bond donors (Lipinski definition) is 2. The Morgan fingerprint density at radius 1 is 1.00 bits per heavy atom. The number of aryl methyl sites for hydroxylation is 1. The van der Waals surface area contributed by atoms with E-state index in [4.69, 9.17) is 16.6 Å². The molecule has 0 bridgehead atoms. The quantitative estimate of drug-likeness (QED) is 0.505. The SMILES string of the molecule is Cn1ncc(-c2nc(N[C@H]3CC[C@@H](NCc4ccccc4)CC3)ncc2Cl)c1CC1CC1. The van der Waals surface area contributed by atoms with Crippen LogP contribution in [-0.4, -0.2) is 31.8 Å². The van der Waals surface area contributed by atoms with Gasteiger partial charge in [0.25, 0.3) is 0 Å². The molecule has 2 aliphatic carbocycles. The molecular weight excluding hydrogens is 420 g/mol. The van der Waals surface area contributed by atoms with Crippen LogP contribution < -0.4 is 10.6 Å². The normalized spacial score (nSPS) is 20.9. The zero-order valence-corrected chi connectivity index (χ0v) is 19.4. The molecule has 0 amide bonds. The van der Waals surface area contributed by atoms with E-state index in [2.05, 4.69) is 51.0 Å². The van der Waals surface area contributed by atoms with E-state index in [0.29, 0.717) is 23.1 Å².